The van der Waals surface area contributed by atoms with Crippen LogP contribution in [0.3, 0.4) is 0 Å². The van der Waals surface area contributed by atoms with Crippen molar-refractivity contribution in [3.05, 3.63) is 35.4 Å². The monoisotopic (exact) mass is 229 g/mol. The molecule has 1 nitrogen and oxygen atoms in total. The molecule has 2 atom stereocenters. The smallest absolute Gasteiger partial charge is 0.263 e. The van der Waals surface area contributed by atoms with Crippen LogP contribution in [-0.4, -0.2) is 11.8 Å². The molecule has 1 N–H and O–H groups in total. The molecule has 82 valence electrons. The highest BCUT2D eigenvalue weighted by Gasteiger charge is 2.23. The maximum Gasteiger partial charge on any atom is 0.263 e. The number of hydrogen-bond acceptors (Lipinski definition) is 2. The van der Waals surface area contributed by atoms with Crippen molar-refractivity contribution in [1.29, 1.82) is 0 Å². The number of rotatable bonds is 2. The molecular weight excluding hydrogens is 216 g/mol. The zero-order valence-electron chi connectivity index (χ0n) is 8.41. The molecule has 15 heavy (non-hydrogen) atoms. The second-order valence-electron chi connectivity index (χ2n) is 3.71. The Bertz CT molecular complexity index is 343. The lowest BCUT2D eigenvalue weighted by Gasteiger charge is -2.11. The minimum Gasteiger partial charge on any atom is -0.301 e. The SMILES string of the molecule is CC1CNC(c2cccc(C(F)F)c2)S1. The molecule has 2 rings (SSSR count). The Hall–Kier alpha value is -0.610. The third-order valence-electron chi connectivity index (χ3n) is 2.42. The Morgan fingerprint density at radius 3 is 2.87 bits per heavy atom. The zero-order chi connectivity index (χ0) is 10.8. The lowest BCUT2D eigenvalue weighted by Crippen LogP contribution is -2.13. The standard InChI is InChI=1S/C11H13F2NS/c1-7-6-14-11(15-7)9-4-2-3-8(5-9)10(12)13/h2-5,7,10-11,14H,6H2,1H3. The number of thioether (sulfide) groups is 1. The van der Waals surface area contributed by atoms with Crippen molar-refractivity contribution in [3.8, 4) is 0 Å². The van der Waals surface area contributed by atoms with Crippen LogP contribution in [0.2, 0.25) is 0 Å². The topological polar surface area (TPSA) is 12.0 Å². The van der Waals surface area contributed by atoms with E-state index in [2.05, 4.69) is 12.2 Å². The van der Waals surface area contributed by atoms with Crippen LogP contribution in [0.15, 0.2) is 24.3 Å². The Balaban J connectivity index is 2.18. The Morgan fingerprint density at radius 2 is 2.27 bits per heavy atom. The molecule has 2 unspecified atom stereocenters. The summed E-state index contributed by atoms with van der Waals surface area (Å²) in [4.78, 5) is 0. The number of halogens is 2. The number of benzene rings is 1. The van der Waals surface area contributed by atoms with Crippen LogP contribution in [-0.2, 0) is 0 Å². The fourth-order valence-corrected chi connectivity index (χ4v) is 2.81. The second-order valence-corrected chi connectivity index (χ2v) is 5.25. The van der Waals surface area contributed by atoms with Crippen LogP contribution in [0, 0.1) is 0 Å². The molecule has 0 aliphatic carbocycles. The van der Waals surface area contributed by atoms with E-state index in [0.29, 0.717) is 5.25 Å². The lowest BCUT2D eigenvalue weighted by atomic mass is 10.1. The Labute approximate surface area is 92.3 Å². The highest BCUT2D eigenvalue weighted by molar-refractivity contribution is 8.00. The molecule has 1 fully saturated rings. The first-order chi connectivity index (χ1) is 7.16. The second kappa shape index (κ2) is 4.49. The van der Waals surface area contributed by atoms with Gasteiger partial charge in [-0.25, -0.2) is 8.78 Å². The van der Waals surface area contributed by atoms with Gasteiger partial charge in [0.15, 0.2) is 0 Å². The molecule has 1 aliphatic heterocycles. The van der Waals surface area contributed by atoms with Crippen molar-refractivity contribution in [1.82, 2.24) is 5.32 Å². The van der Waals surface area contributed by atoms with E-state index in [0.717, 1.165) is 12.1 Å². The van der Waals surface area contributed by atoms with Crippen molar-refractivity contribution >= 4 is 11.8 Å². The first kappa shape index (κ1) is 10.9. The van der Waals surface area contributed by atoms with E-state index in [4.69, 9.17) is 0 Å². The van der Waals surface area contributed by atoms with Gasteiger partial charge in [-0.15, -0.1) is 11.8 Å². The molecule has 4 heteroatoms. The summed E-state index contributed by atoms with van der Waals surface area (Å²) in [5.74, 6) is 0. The van der Waals surface area contributed by atoms with E-state index in [1.54, 1.807) is 23.9 Å². The number of alkyl halides is 2. The number of nitrogens with one attached hydrogen (secondary N) is 1. The summed E-state index contributed by atoms with van der Waals surface area (Å²) in [6.07, 6.45) is -2.38. The molecular formula is C11H13F2NS. The van der Waals surface area contributed by atoms with E-state index < -0.39 is 6.43 Å². The van der Waals surface area contributed by atoms with Crippen molar-refractivity contribution < 1.29 is 8.78 Å². The van der Waals surface area contributed by atoms with Crippen molar-refractivity contribution in [2.45, 2.75) is 24.0 Å². The fraction of sp³-hybridized carbons (Fsp3) is 0.455. The average molecular weight is 229 g/mol. The van der Waals surface area contributed by atoms with Gasteiger partial charge in [0.1, 0.15) is 0 Å². The van der Waals surface area contributed by atoms with Crippen molar-refractivity contribution in [3.63, 3.8) is 0 Å². The summed E-state index contributed by atoms with van der Waals surface area (Å²) in [6.45, 7) is 3.07. The van der Waals surface area contributed by atoms with Crippen LogP contribution >= 0.6 is 11.8 Å². The molecule has 0 amide bonds. The van der Waals surface area contributed by atoms with E-state index in [9.17, 15) is 8.78 Å². The molecule has 0 radical (unpaired) electrons. The van der Waals surface area contributed by atoms with Gasteiger partial charge in [-0.05, 0) is 11.6 Å². The third kappa shape index (κ3) is 2.49. The molecule has 1 heterocycles. The summed E-state index contributed by atoms with van der Waals surface area (Å²) in [5, 5.41) is 4.02. The molecule has 1 saturated heterocycles. The van der Waals surface area contributed by atoms with E-state index in [1.165, 1.54) is 6.07 Å². The molecule has 0 bridgehead atoms. The molecule has 1 aliphatic rings. The van der Waals surface area contributed by atoms with Crippen LogP contribution < -0.4 is 5.32 Å². The normalized spacial score (nSPS) is 26.1. The molecule has 0 saturated carbocycles. The van der Waals surface area contributed by atoms with E-state index in [1.807, 2.05) is 6.07 Å². The van der Waals surface area contributed by atoms with E-state index in [-0.39, 0.29) is 10.9 Å². The van der Waals surface area contributed by atoms with Gasteiger partial charge in [-0.1, -0.05) is 25.1 Å². The first-order valence-electron chi connectivity index (χ1n) is 4.93. The molecule has 0 spiro atoms. The van der Waals surface area contributed by atoms with Crippen molar-refractivity contribution in [2.75, 3.05) is 6.54 Å². The maximum absolute atomic E-state index is 12.5. The summed E-state index contributed by atoms with van der Waals surface area (Å²) in [5.41, 5.74) is 1.05. The van der Waals surface area contributed by atoms with Crippen LogP contribution in [0.5, 0.6) is 0 Å². The van der Waals surface area contributed by atoms with Crippen molar-refractivity contribution in [2.24, 2.45) is 0 Å². The minimum atomic E-state index is -2.38. The summed E-state index contributed by atoms with van der Waals surface area (Å²) < 4.78 is 25.0. The van der Waals surface area contributed by atoms with Crippen LogP contribution in [0.4, 0.5) is 8.78 Å². The van der Waals surface area contributed by atoms with Crippen LogP contribution in [0.1, 0.15) is 29.8 Å². The molecule has 0 aromatic heterocycles. The quantitative estimate of drug-likeness (QED) is 0.834. The molecule has 1 aromatic rings. The zero-order valence-corrected chi connectivity index (χ0v) is 9.23. The first-order valence-corrected chi connectivity index (χ1v) is 5.88. The fourth-order valence-electron chi connectivity index (χ4n) is 1.66. The highest BCUT2D eigenvalue weighted by atomic mass is 32.2. The van der Waals surface area contributed by atoms with Gasteiger partial charge in [0.25, 0.3) is 6.43 Å². The average Bonchev–Trinajstić information content (AvgIpc) is 2.65. The summed E-state index contributed by atoms with van der Waals surface area (Å²) >= 11 is 1.78. The minimum absolute atomic E-state index is 0.106. The summed E-state index contributed by atoms with van der Waals surface area (Å²) in [6, 6.07) is 6.65. The Kier molecular flexibility index (Phi) is 3.26. The Morgan fingerprint density at radius 1 is 1.47 bits per heavy atom. The van der Waals surface area contributed by atoms with Gasteiger partial charge in [0.2, 0.25) is 0 Å². The molecule has 1 aromatic carbocycles. The van der Waals surface area contributed by atoms with Gasteiger partial charge >= 0.3 is 0 Å². The third-order valence-corrected chi connectivity index (χ3v) is 3.77. The predicted octanol–water partition coefficient (Wildman–Crippen LogP) is 3.35. The maximum atomic E-state index is 12.5. The van der Waals surface area contributed by atoms with Gasteiger partial charge in [-0.3, -0.25) is 0 Å². The van der Waals surface area contributed by atoms with Crippen LogP contribution in [0.25, 0.3) is 0 Å². The van der Waals surface area contributed by atoms with Gasteiger partial charge < -0.3 is 5.32 Å². The van der Waals surface area contributed by atoms with Gasteiger partial charge in [-0.2, -0.15) is 0 Å². The van der Waals surface area contributed by atoms with Gasteiger partial charge in [0, 0.05) is 17.4 Å². The van der Waals surface area contributed by atoms with Gasteiger partial charge in [0.05, 0.1) is 5.37 Å². The summed E-state index contributed by atoms with van der Waals surface area (Å²) in [7, 11) is 0. The highest BCUT2D eigenvalue weighted by Crippen LogP contribution is 2.35. The largest absolute Gasteiger partial charge is 0.301 e. The number of hydrogen-bond donors (Lipinski definition) is 1. The lowest BCUT2D eigenvalue weighted by molar-refractivity contribution is 0.151. The predicted molar refractivity (Wildman–Crippen MR) is 59.2 cm³/mol. The van der Waals surface area contributed by atoms with E-state index >= 15 is 0 Å².